The van der Waals surface area contributed by atoms with Gasteiger partial charge in [0.05, 0.1) is 13.0 Å². The molecule has 1 aromatic heterocycles. The van der Waals surface area contributed by atoms with Crippen LogP contribution in [0.15, 0.2) is 18.3 Å². The Bertz CT molecular complexity index is 306. The molecule has 1 rings (SSSR count). The lowest BCUT2D eigenvalue weighted by Gasteiger charge is -2.08. The second kappa shape index (κ2) is 4.74. The van der Waals surface area contributed by atoms with E-state index in [1.54, 1.807) is 6.20 Å². The predicted octanol–water partition coefficient (Wildman–Crippen LogP) is 1.74. The molecule has 1 heterocycles. The fourth-order valence-electron chi connectivity index (χ4n) is 1.26. The van der Waals surface area contributed by atoms with Gasteiger partial charge in [-0.15, -0.1) is 0 Å². The highest BCUT2D eigenvalue weighted by Gasteiger charge is 2.13. The van der Waals surface area contributed by atoms with Gasteiger partial charge >= 0.3 is 5.97 Å². The zero-order valence-electron chi connectivity index (χ0n) is 8.78. The summed E-state index contributed by atoms with van der Waals surface area (Å²) >= 11 is 0. The molecule has 0 spiro atoms. The molecular formula is C11H15NO2. The van der Waals surface area contributed by atoms with Gasteiger partial charge in [-0.1, -0.05) is 13.0 Å². The number of nitrogens with zero attached hydrogens (tertiary/aromatic N) is 1. The maximum atomic E-state index is 11.1. The Labute approximate surface area is 84.1 Å². The first-order chi connectivity index (χ1) is 6.63. The van der Waals surface area contributed by atoms with Gasteiger partial charge in [-0.25, -0.2) is 0 Å². The number of carbonyl (C=O) groups is 1. The average molecular weight is 193 g/mol. The van der Waals surface area contributed by atoms with Gasteiger partial charge in [0.2, 0.25) is 0 Å². The molecule has 0 saturated heterocycles. The molecule has 3 nitrogen and oxygen atoms in total. The average Bonchev–Trinajstić information content (AvgIpc) is 2.20. The molecule has 1 aromatic rings. The van der Waals surface area contributed by atoms with Gasteiger partial charge in [-0.3, -0.25) is 9.78 Å². The smallest absolute Gasteiger partial charge is 0.308 e. The highest BCUT2D eigenvalue weighted by atomic mass is 16.5. The Morgan fingerprint density at radius 1 is 1.57 bits per heavy atom. The van der Waals surface area contributed by atoms with Crippen molar-refractivity contribution in [3.8, 4) is 0 Å². The van der Waals surface area contributed by atoms with Crippen LogP contribution in [0.3, 0.4) is 0 Å². The summed E-state index contributed by atoms with van der Waals surface area (Å²) in [5.41, 5.74) is 2.05. The highest BCUT2D eigenvalue weighted by Crippen LogP contribution is 2.09. The fourth-order valence-corrected chi connectivity index (χ4v) is 1.26. The van der Waals surface area contributed by atoms with E-state index in [2.05, 4.69) is 9.72 Å². The van der Waals surface area contributed by atoms with Crippen molar-refractivity contribution in [3.05, 3.63) is 29.6 Å². The van der Waals surface area contributed by atoms with E-state index in [-0.39, 0.29) is 11.9 Å². The van der Waals surface area contributed by atoms with Crippen LogP contribution in [0.2, 0.25) is 0 Å². The number of hydrogen-bond acceptors (Lipinski definition) is 3. The summed E-state index contributed by atoms with van der Waals surface area (Å²) in [6.45, 7) is 3.79. The van der Waals surface area contributed by atoms with Crippen molar-refractivity contribution in [1.82, 2.24) is 4.98 Å². The summed E-state index contributed by atoms with van der Waals surface area (Å²) in [5, 5.41) is 0. The number of ether oxygens (including phenoxy) is 1. The number of hydrogen-bond donors (Lipinski definition) is 0. The van der Waals surface area contributed by atoms with E-state index in [1.807, 2.05) is 26.0 Å². The monoisotopic (exact) mass is 193 g/mol. The molecule has 3 heteroatoms. The summed E-state index contributed by atoms with van der Waals surface area (Å²) in [6.07, 6.45) is 2.48. The maximum Gasteiger partial charge on any atom is 0.308 e. The number of aromatic nitrogens is 1. The lowest BCUT2D eigenvalue weighted by atomic mass is 10.0. The molecule has 0 aromatic carbocycles. The van der Waals surface area contributed by atoms with E-state index in [4.69, 9.17) is 0 Å². The van der Waals surface area contributed by atoms with Crippen molar-refractivity contribution < 1.29 is 9.53 Å². The largest absolute Gasteiger partial charge is 0.469 e. The van der Waals surface area contributed by atoms with Crippen molar-refractivity contribution in [2.75, 3.05) is 7.11 Å². The second-order valence-electron chi connectivity index (χ2n) is 3.44. The van der Waals surface area contributed by atoms with Crippen molar-refractivity contribution in [2.24, 2.45) is 5.92 Å². The van der Waals surface area contributed by atoms with Crippen LogP contribution in [0.25, 0.3) is 0 Å². The van der Waals surface area contributed by atoms with E-state index >= 15 is 0 Å². The zero-order chi connectivity index (χ0) is 10.6. The van der Waals surface area contributed by atoms with Gasteiger partial charge in [0.25, 0.3) is 0 Å². The zero-order valence-corrected chi connectivity index (χ0v) is 8.78. The molecule has 0 aliphatic heterocycles. The highest BCUT2D eigenvalue weighted by molar-refractivity contribution is 5.72. The van der Waals surface area contributed by atoms with Gasteiger partial charge < -0.3 is 4.74 Å². The van der Waals surface area contributed by atoms with Crippen LogP contribution in [0.4, 0.5) is 0 Å². The van der Waals surface area contributed by atoms with E-state index in [9.17, 15) is 4.79 Å². The number of carbonyl (C=O) groups excluding carboxylic acids is 1. The Hall–Kier alpha value is -1.38. The predicted molar refractivity (Wildman–Crippen MR) is 53.9 cm³/mol. The van der Waals surface area contributed by atoms with E-state index in [0.717, 1.165) is 11.3 Å². The molecule has 0 unspecified atom stereocenters. The molecule has 0 saturated carbocycles. The third-order valence-corrected chi connectivity index (χ3v) is 2.12. The summed E-state index contributed by atoms with van der Waals surface area (Å²) < 4.78 is 4.65. The Morgan fingerprint density at radius 2 is 2.29 bits per heavy atom. The lowest BCUT2D eigenvalue weighted by molar-refractivity contribution is -0.144. The number of methoxy groups -OCH3 is 1. The second-order valence-corrected chi connectivity index (χ2v) is 3.44. The first-order valence-corrected chi connectivity index (χ1v) is 4.63. The van der Waals surface area contributed by atoms with Crippen LogP contribution in [-0.4, -0.2) is 18.1 Å². The maximum absolute atomic E-state index is 11.1. The summed E-state index contributed by atoms with van der Waals surface area (Å²) in [5.74, 6) is -0.282. The molecule has 0 bridgehead atoms. The molecule has 1 atom stereocenters. The fraction of sp³-hybridized carbons (Fsp3) is 0.455. The minimum absolute atomic E-state index is 0.107. The Kier molecular flexibility index (Phi) is 3.63. The standard InChI is InChI=1S/C11H15NO2/c1-8(11(13)14-3)6-10-5-4-9(2)12-7-10/h4-5,7-8H,6H2,1-3H3/t8-/m0/s1. The van der Waals surface area contributed by atoms with Gasteiger partial charge in [0.1, 0.15) is 0 Å². The van der Waals surface area contributed by atoms with E-state index in [1.165, 1.54) is 7.11 Å². The quantitative estimate of drug-likeness (QED) is 0.686. The summed E-state index contributed by atoms with van der Waals surface area (Å²) in [4.78, 5) is 15.3. The van der Waals surface area contributed by atoms with Crippen LogP contribution in [0.5, 0.6) is 0 Å². The third kappa shape index (κ3) is 2.83. The van der Waals surface area contributed by atoms with Crippen molar-refractivity contribution in [1.29, 1.82) is 0 Å². The molecule has 76 valence electrons. The van der Waals surface area contributed by atoms with Crippen LogP contribution >= 0.6 is 0 Å². The van der Waals surface area contributed by atoms with Crippen LogP contribution in [0, 0.1) is 12.8 Å². The first-order valence-electron chi connectivity index (χ1n) is 4.63. The molecule has 0 N–H and O–H groups in total. The third-order valence-electron chi connectivity index (χ3n) is 2.12. The normalized spacial score (nSPS) is 12.2. The Morgan fingerprint density at radius 3 is 2.79 bits per heavy atom. The molecular weight excluding hydrogens is 178 g/mol. The van der Waals surface area contributed by atoms with Crippen molar-refractivity contribution >= 4 is 5.97 Å². The van der Waals surface area contributed by atoms with Crippen molar-refractivity contribution in [3.63, 3.8) is 0 Å². The van der Waals surface area contributed by atoms with Crippen LogP contribution in [-0.2, 0) is 16.0 Å². The van der Waals surface area contributed by atoms with E-state index in [0.29, 0.717) is 6.42 Å². The number of esters is 1. The van der Waals surface area contributed by atoms with Crippen LogP contribution < -0.4 is 0 Å². The van der Waals surface area contributed by atoms with Crippen LogP contribution in [0.1, 0.15) is 18.2 Å². The van der Waals surface area contributed by atoms with E-state index < -0.39 is 0 Å². The summed E-state index contributed by atoms with van der Waals surface area (Å²) in [7, 11) is 1.41. The molecule has 14 heavy (non-hydrogen) atoms. The number of aryl methyl sites for hydroxylation is 1. The summed E-state index contributed by atoms with van der Waals surface area (Å²) in [6, 6.07) is 3.93. The minimum Gasteiger partial charge on any atom is -0.469 e. The topological polar surface area (TPSA) is 39.2 Å². The minimum atomic E-state index is -0.175. The Balaban J connectivity index is 2.60. The molecule has 0 radical (unpaired) electrons. The molecule has 0 amide bonds. The molecule has 0 fully saturated rings. The number of pyridine rings is 1. The van der Waals surface area contributed by atoms with Crippen molar-refractivity contribution in [2.45, 2.75) is 20.3 Å². The van der Waals surface area contributed by atoms with Gasteiger partial charge in [-0.2, -0.15) is 0 Å². The van der Waals surface area contributed by atoms with Gasteiger partial charge in [0.15, 0.2) is 0 Å². The van der Waals surface area contributed by atoms with Gasteiger partial charge in [0, 0.05) is 11.9 Å². The number of rotatable bonds is 3. The molecule has 0 aliphatic rings. The van der Waals surface area contributed by atoms with Gasteiger partial charge in [-0.05, 0) is 25.0 Å². The lowest BCUT2D eigenvalue weighted by Crippen LogP contribution is -2.15. The molecule has 0 aliphatic carbocycles. The first kappa shape index (κ1) is 10.7. The SMILES string of the molecule is COC(=O)[C@@H](C)Cc1ccc(C)nc1.